The van der Waals surface area contributed by atoms with Crippen LogP contribution in [0, 0.1) is 0 Å². The first-order valence-electron chi connectivity index (χ1n) is 4.95. The van der Waals surface area contributed by atoms with Crippen molar-refractivity contribution in [2.75, 3.05) is 11.6 Å². The predicted octanol–water partition coefficient (Wildman–Crippen LogP) is 2.93. The van der Waals surface area contributed by atoms with Crippen LogP contribution < -0.4 is 0 Å². The lowest BCUT2D eigenvalue weighted by atomic mass is 10.3. The molecule has 0 spiro atoms. The molecule has 0 saturated heterocycles. The van der Waals surface area contributed by atoms with Gasteiger partial charge in [-0.15, -0.1) is 16.9 Å². The van der Waals surface area contributed by atoms with Crippen molar-refractivity contribution in [3.8, 4) is 5.69 Å². The van der Waals surface area contributed by atoms with Crippen LogP contribution in [0.4, 0.5) is 0 Å². The highest BCUT2D eigenvalue weighted by Crippen LogP contribution is 2.18. The molecule has 1 heterocycles. The first-order valence-corrected chi connectivity index (χ1v) is 7.29. The molecule has 0 amide bonds. The molecular formula is C11H12BrN3S. The molecule has 1 aromatic heterocycles. The van der Waals surface area contributed by atoms with Gasteiger partial charge in [0.05, 0.1) is 17.6 Å². The van der Waals surface area contributed by atoms with Crippen LogP contribution in [-0.4, -0.2) is 26.6 Å². The van der Waals surface area contributed by atoms with E-state index in [1.165, 1.54) is 4.90 Å². The molecule has 0 saturated carbocycles. The Morgan fingerprint density at radius 1 is 1.44 bits per heavy atom. The summed E-state index contributed by atoms with van der Waals surface area (Å²) >= 11 is 5.12. The van der Waals surface area contributed by atoms with Gasteiger partial charge in [-0.2, -0.15) is 0 Å². The number of nitrogens with zero attached hydrogens (tertiary/aromatic N) is 3. The minimum Gasteiger partial charge on any atom is -0.220 e. The van der Waals surface area contributed by atoms with Crippen LogP contribution in [0.3, 0.4) is 0 Å². The van der Waals surface area contributed by atoms with Crippen LogP contribution in [0.5, 0.6) is 0 Å². The quantitative estimate of drug-likeness (QED) is 0.642. The third-order valence-electron chi connectivity index (χ3n) is 2.21. The summed E-state index contributed by atoms with van der Waals surface area (Å²) in [6.45, 7) is 0. The number of thioether (sulfide) groups is 1. The molecule has 0 N–H and O–H groups in total. The Labute approximate surface area is 107 Å². The minimum atomic E-state index is 0.905. The van der Waals surface area contributed by atoms with E-state index in [0.717, 1.165) is 23.1 Å². The molecular weight excluding hydrogens is 286 g/mol. The van der Waals surface area contributed by atoms with Gasteiger partial charge in [0.1, 0.15) is 0 Å². The summed E-state index contributed by atoms with van der Waals surface area (Å²) in [6, 6.07) is 8.26. The minimum absolute atomic E-state index is 0.905. The SMILES string of the molecule is CSc1cccc(-n2cc(CCBr)nn2)c1. The zero-order valence-corrected chi connectivity index (χ0v) is 11.3. The highest BCUT2D eigenvalue weighted by molar-refractivity contribution is 9.09. The lowest BCUT2D eigenvalue weighted by Crippen LogP contribution is -1.94. The summed E-state index contributed by atoms with van der Waals surface area (Å²) in [4.78, 5) is 1.23. The van der Waals surface area contributed by atoms with Crippen molar-refractivity contribution in [1.29, 1.82) is 0 Å². The van der Waals surface area contributed by atoms with Crippen molar-refractivity contribution in [1.82, 2.24) is 15.0 Å². The van der Waals surface area contributed by atoms with Crippen molar-refractivity contribution in [3.05, 3.63) is 36.2 Å². The topological polar surface area (TPSA) is 30.7 Å². The fourth-order valence-corrected chi connectivity index (χ4v) is 2.25. The number of rotatable bonds is 4. The third kappa shape index (κ3) is 2.65. The fraction of sp³-hybridized carbons (Fsp3) is 0.273. The molecule has 0 atom stereocenters. The lowest BCUT2D eigenvalue weighted by molar-refractivity contribution is 0.796. The Balaban J connectivity index is 2.27. The maximum absolute atomic E-state index is 4.12. The monoisotopic (exact) mass is 297 g/mol. The van der Waals surface area contributed by atoms with E-state index in [-0.39, 0.29) is 0 Å². The van der Waals surface area contributed by atoms with E-state index in [0.29, 0.717) is 0 Å². The summed E-state index contributed by atoms with van der Waals surface area (Å²) in [5, 5.41) is 9.14. The van der Waals surface area contributed by atoms with E-state index in [4.69, 9.17) is 0 Å². The molecule has 5 heteroatoms. The summed E-state index contributed by atoms with van der Waals surface area (Å²) < 4.78 is 1.82. The summed E-state index contributed by atoms with van der Waals surface area (Å²) in [6.07, 6.45) is 4.94. The maximum Gasteiger partial charge on any atom is 0.0840 e. The molecule has 3 nitrogen and oxygen atoms in total. The van der Waals surface area contributed by atoms with E-state index < -0.39 is 0 Å². The molecule has 0 radical (unpaired) electrons. The van der Waals surface area contributed by atoms with Gasteiger partial charge in [0.2, 0.25) is 0 Å². The maximum atomic E-state index is 4.12. The smallest absolute Gasteiger partial charge is 0.0840 e. The number of alkyl halides is 1. The first kappa shape index (κ1) is 11.7. The zero-order chi connectivity index (χ0) is 11.4. The number of hydrogen-bond acceptors (Lipinski definition) is 3. The Kier molecular flexibility index (Phi) is 4.01. The first-order chi connectivity index (χ1) is 7.83. The van der Waals surface area contributed by atoms with E-state index in [9.17, 15) is 0 Å². The molecule has 0 aliphatic heterocycles. The molecule has 16 heavy (non-hydrogen) atoms. The average molecular weight is 298 g/mol. The van der Waals surface area contributed by atoms with Gasteiger partial charge in [-0.25, -0.2) is 4.68 Å². The Bertz CT molecular complexity index is 470. The number of aromatic nitrogens is 3. The number of halogens is 1. The van der Waals surface area contributed by atoms with Gasteiger partial charge in [-0.05, 0) is 24.5 Å². The summed E-state index contributed by atoms with van der Waals surface area (Å²) in [5.41, 5.74) is 2.06. The normalized spacial score (nSPS) is 10.6. The van der Waals surface area contributed by atoms with Crippen molar-refractivity contribution < 1.29 is 0 Å². The van der Waals surface area contributed by atoms with Gasteiger partial charge in [-0.1, -0.05) is 27.2 Å². The molecule has 1 aromatic carbocycles. The van der Waals surface area contributed by atoms with E-state index in [1.54, 1.807) is 11.8 Å². The largest absolute Gasteiger partial charge is 0.220 e. The molecule has 0 aliphatic carbocycles. The standard InChI is InChI=1S/C11H12BrN3S/c1-16-11-4-2-3-10(7-11)15-8-9(5-6-12)13-14-15/h2-4,7-8H,5-6H2,1H3. The van der Waals surface area contributed by atoms with Gasteiger partial charge in [-0.3, -0.25) is 0 Å². The highest BCUT2D eigenvalue weighted by Gasteiger charge is 2.02. The van der Waals surface area contributed by atoms with Gasteiger partial charge >= 0.3 is 0 Å². The van der Waals surface area contributed by atoms with Gasteiger partial charge in [0.15, 0.2) is 0 Å². The van der Waals surface area contributed by atoms with Crippen molar-refractivity contribution in [2.24, 2.45) is 0 Å². The molecule has 0 fully saturated rings. The molecule has 2 rings (SSSR count). The zero-order valence-electron chi connectivity index (χ0n) is 8.93. The number of benzene rings is 1. The summed E-state index contributed by atoms with van der Waals surface area (Å²) in [7, 11) is 0. The van der Waals surface area contributed by atoms with Crippen LogP contribution in [0.2, 0.25) is 0 Å². The Morgan fingerprint density at radius 3 is 3.06 bits per heavy atom. The van der Waals surface area contributed by atoms with E-state index in [1.807, 2.05) is 23.0 Å². The fourth-order valence-electron chi connectivity index (χ4n) is 1.39. The van der Waals surface area contributed by atoms with Crippen LogP contribution in [0.15, 0.2) is 35.4 Å². The molecule has 0 aliphatic rings. The van der Waals surface area contributed by atoms with Gasteiger partial charge in [0.25, 0.3) is 0 Å². The Hall–Kier alpha value is -0.810. The van der Waals surface area contributed by atoms with E-state index >= 15 is 0 Å². The lowest BCUT2D eigenvalue weighted by Gasteiger charge is -2.01. The van der Waals surface area contributed by atoms with Crippen LogP contribution >= 0.6 is 27.7 Å². The number of aryl methyl sites for hydroxylation is 1. The van der Waals surface area contributed by atoms with Gasteiger partial charge in [0, 0.05) is 16.6 Å². The molecule has 0 bridgehead atoms. The predicted molar refractivity (Wildman–Crippen MR) is 70.6 cm³/mol. The second-order valence-electron chi connectivity index (χ2n) is 3.29. The van der Waals surface area contributed by atoms with E-state index in [2.05, 4.69) is 44.6 Å². The third-order valence-corrected chi connectivity index (χ3v) is 3.33. The van der Waals surface area contributed by atoms with Crippen molar-refractivity contribution in [3.63, 3.8) is 0 Å². The number of hydrogen-bond donors (Lipinski definition) is 0. The molecule has 2 aromatic rings. The van der Waals surface area contributed by atoms with Crippen molar-refractivity contribution >= 4 is 27.7 Å². The van der Waals surface area contributed by atoms with Crippen LogP contribution in [0.25, 0.3) is 5.69 Å². The highest BCUT2D eigenvalue weighted by atomic mass is 79.9. The molecule has 0 unspecified atom stereocenters. The van der Waals surface area contributed by atoms with Crippen molar-refractivity contribution in [2.45, 2.75) is 11.3 Å². The second-order valence-corrected chi connectivity index (χ2v) is 4.97. The average Bonchev–Trinajstić information content (AvgIpc) is 2.78. The van der Waals surface area contributed by atoms with Crippen LogP contribution in [0.1, 0.15) is 5.69 Å². The second kappa shape index (κ2) is 5.50. The molecule has 84 valence electrons. The Morgan fingerprint density at radius 2 is 2.31 bits per heavy atom. The van der Waals surface area contributed by atoms with Crippen LogP contribution in [-0.2, 0) is 6.42 Å². The van der Waals surface area contributed by atoms with Gasteiger partial charge < -0.3 is 0 Å². The summed E-state index contributed by atoms with van der Waals surface area (Å²) in [5.74, 6) is 0.